The SMILES string of the molecule is CCNC(=O)N1CCc2c([nH]c3ccccc23)[C@@]12C(=O)Nc1ccccc12. The molecule has 1 aromatic heterocycles. The first-order chi connectivity index (χ1) is 13.2. The fourth-order valence-electron chi connectivity index (χ4n) is 4.55. The van der Waals surface area contributed by atoms with Gasteiger partial charge in [-0.25, -0.2) is 4.79 Å². The smallest absolute Gasteiger partial charge is 0.318 e. The molecule has 3 aromatic rings. The van der Waals surface area contributed by atoms with Gasteiger partial charge in [0.25, 0.3) is 5.91 Å². The Morgan fingerprint density at radius 2 is 1.96 bits per heavy atom. The first-order valence-corrected chi connectivity index (χ1v) is 9.24. The number of H-pyrrole nitrogens is 1. The van der Waals surface area contributed by atoms with Crippen molar-refractivity contribution in [3.8, 4) is 0 Å². The molecule has 0 radical (unpaired) electrons. The lowest BCUT2D eigenvalue weighted by molar-refractivity contribution is -0.124. The predicted octanol–water partition coefficient (Wildman–Crippen LogP) is 2.95. The molecule has 136 valence electrons. The van der Waals surface area contributed by atoms with Gasteiger partial charge < -0.3 is 20.5 Å². The summed E-state index contributed by atoms with van der Waals surface area (Å²) in [5.41, 5.74) is 3.28. The molecule has 6 heteroatoms. The minimum Gasteiger partial charge on any atom is -0.355 e. The summed E-state index contributed by atoms with van der Waals surface area (Å²) in [4.78, 5) is 31.5. The highest BCUT2D eigenvalue weighted by Gasteiger charge is 2.58. The maximum Gasteiger partial charge on any atom is 0.318 e. The molecular formula is C21H20N4O2. The lowest BCUT2D eigenvalue weighted by Crippen LogP contribution is -2.60. The van der Waals surface area contributed by atoms with Gasteiger partial charge in [-0.15, -0.1) is 0 Å². The second-order valence-corrected chi connectivity index (χ2v) is 6.97. The first-order valence-electron chi connectivity index (χ1n) is 9.24. The quantitative estimate of drug-likeness (QED) is 0.624. The van der Waals surface area contributed by atoms with Crippen LogP contribution in [0.3, 0.4) is 0 Å². The molecule has 3 N–H and O–H groups in total. The highest BCUT2D eigenvalue weighted by Crippen LogP contribution is 2.49. The lowest BCUT2D eigenvalue weighted by atomic mass is 9.80. The molecule has 2 aliphatic heterocycles. The van der Waals surface area contributed by atoms with Crippen LogP contribution in [0.1, 0.15) is 23.7 Å². The van der Waals surface area contributed by atoms with Crippen molar-refractivity contribution < 1.29 is 9.59 Å². The number of rotatable bonds is 1. The normalized spacial score (nSPS) is 20.5. The van der Waals surface area contributed by atoms with Gasteiger partial charge in [0, 0.05) is 35.2 Å². The van der Waals surface area contributed by atoms with Crippen molar-refractivity contribution >= 4 is 28.5 Å². The maximum absolute atomic E-state index is 13.4. The third-order valence-corrected chi connectivity index (χ3v) is 5.63. The van der Waals surface area contributed by atoms with E-state index in [1.165, 1.54) is 0 Å². The van der Waals surface area contributed by atoms with Crippen LogP contribution in [0.25, 0.3) is 10.9 Å². The van der Waals surface area contributed by atoms with Crippen LogP contribution in [0.15, 0.2) is 48.5 Å². The van der Waals surface area contributed by atoms with Crippen molar-refractivity contribution in [1.82, 2.24) is 15.2 Å². The Kier molecular flexibility index (Phi) is 3.31. The van der Waals surface area contributed by atoms with Crippen LogP contribution < -0.4 is 10.6 Å². The van der Waals surface area contributed by atoms with Crippen LogP contribution >= 0.6 is 0 Å². The summed E-state index contributed by atoms with van der Waals surface area (Å²) in [5.74, 6) is -0.192. The standard InChI is InChI=1S/C21H20N4O2/c1-2-22-20(27)25-12-11-14-13-7-3-5-9-16(13)23-18(14)21(25)15-8-4-6-10-17(15)24-19(21)26/h3-10,23H,2,11-12H2,1H3,(H,22,27)(H,24,26)/t21-/m0/s1. The molecule has 27 heavy (non-hydrogen) atoms. The Morgan fingerprint density at radius 1 is 1.19 bits per heavy atom. The Bertz CT molecular complexity index is 1090. The van der Waals surface area contributed by atoms with Crippen molar-refractivity contribution in [1.29, 1.82) is 0 Å². The fraction of sp³-hybridized carbons (Fsp3) is 0.238. The van der Waals surface area contributed by atoms with Gasteiger partial charge in [0.15, 0.2) is 5.54 Å². The van der Waals surface area contributed by atoms with E-state index in [-0.39, 0.29) is 11.9 Å². The predicted molar refractivity (Wildman–Crippen MR) is 104 cm³/mol. The van der Waals surface area contributed by atoms with Crippen molar-refractivity contribution in [2.45, 2.75) is 18.9 Å². The number of carbonyl (C=O) groups excluding carboxylic acids is 2. The third-order valence-electron chi connectivity index (χ3n) is 5.63. The number of nitrogens with zero attached hydrogens (tertiary/aromatic N) is 1. The summed E-state index contributed by atoms with van der Waals surface area (Å²) in [7, 11) is 0. The number of fused-ring (bicyclic) bond motifs is 6. The largest absolute Gasteiger partial charge is 0.355 e. The molecule has 0 unspecified atom stereocenters. The van der Waals surface area contributed by atoms with Gasteiger partial charge in [-0.3, -0.25) is 4.79 Å². The van der Waals surface area contributed by atoms with Gasteiger partial charge in [0.2, 0.25) is 0 Å². The second-order valence-electron chi connectivity index (χ2n) is 6.97. The van der Waals surface area contributed by atoms with Gasteiger partial charge in [-0.2, -0.15) is 0 Å². The fourth-order valence-corrected chi connectivity index (χ4v) is 4.55. The van der Waals surface area contributed by atoms with E-state index >= 15 is 0 Å². The van der Waals surface area contributed by atoms with Crippen LogP contribution in [0.4, 0.5) is 10.5 Å². The number of amides is 3. The zero-order valence-corrected chi connectivity index (χ0v) is 15.0. The van der Waals surface area contributed by atoms with E-state index in [4.69, 9.17) is 0 Å². The molecular weight excluding hydrogens is 340 g/mol. The van der Waals surface area contributed by atoms with Gasteiger partial charge in [0.05, 0.1) is 5.69 Å². The number of aromatic nitrogens is 1. The van der Waals surface area contributed by atoms with Gasteiger partial charge in [-0.1, -0.05) is 36.4 Å². The van der Waals surface area contributed by atoms with Crippen molar-refractivity contribution in [2.24, 2.45) is 0 Å². The summed E-state index contributed by atoms with van der Waals surface area (Å²) >= 11 is 0. The topological polar surface area (TPSA) is 77.2 Å². The average molecular weight is 360 g/mol. The minimum absolute atomic E-state index is 0.192. The number of anilines is 1. The van der Waals surface area contributed by atoms with Gasteiger partial charge >= 0.3 is 6.03 Å². The van der Waals surface area contributed by atoms with Crippen LogP contribution in [0.5, 0.6) is 0 Å². The molecule has 2 aliphatic rings. The second kappa shape index (κ2) is 5.61. The summed E-state index contributed by atoms with van der Waals surface area (Å²) in [5, 5.41) is 6.98. The molecule has 0 aliphatic carbocycles. The Balaban J connectivity index is 1.84. The molecule has 5 rings (SSSR count). The number of para-hydroxylation sites is 2. The zero-order chi connectivity index (χ0) is 18.6. The van der Waals surface area contributed by atoms with Crippen molar-refractivity contribution in [2.75, 3.05) is 18.4 Å². The highest BCUT2D eigenvalue weighted by atomic mass is 16.2. The lowest BCUT2D eigenvalue weighted by Gasteiger charge is -2.42. The summed E-state index contributed by atoms with van der Waals surface area (Å²) < 4.78 is 0. The minimum atomic E-state index is -1.18. The molecule has 0 fully saturated rings. The van der Waals surface area contributed by atoms with E-state index < -0.39 is 5.54 Å². The van der Waals surface area contributed by atoms with Crippen LogP contribution in [-0.2, 0) is 16.8 Å². The molecule has 0 saturated heterocycles. The number of aromatic amines is 1. The molecule has 1 atom stereocenters. The molecule has 0 saturated carbocycles. The highest BCUT2D eigenvalue weighted by molar-refractivity contribution is 6.11. The molecule has 6 nitrogen and oxygen atoms in total. The molecule has 2 aromatic carbocycles. The molecule has 3 amide bonds. The number of carbonyl (C=O) groups is 2. The van der Waals surface area contributed by atoms with Gasteiger partial charge in [0.1, 0.15) is 0 Å². The van der Waals surface area contributed by atoms with E-state index in [9.17, 15) is 9.59 Å². The first kappa shape index (κ1) is 15.9. The Labute approximate surface area is 156 Å². The van der Waals surface area contributed by atoms with Gasteiger partial charge in [-0.05, 0) is 31.0 Å². The van der Waals surface area contributed by atoms with Crippen molar-refractivity contribution in [3.05, 3.63) is 65.4 Å². The van der Waals surface area contributed by atoms with Crippen LogP contribution in [0.2, 0.25) is 0 Å². The Hall–Kier alpha value is -3.28. The maximum atomic E-state index is 13.4. The zero-order valence-electron chi connectivity index (χ0n) is 15.0. The van der Waals surface area contributed by atoms with Crippen LogP contribution in [-0.4, -0.2) is 34.9 Å². The van der Waals surface area contributed by atoms with E-state index in [2.05, 4.69) is 21.7 Å². The molecule has 0 bridgehead atoms. The number of urea groups is 1. The van der Waals surface area contributed by atoms with Crippen LogP contribution in [0, 0.1) is 0 Å². The number of hydrogen-bond acceptors (Lipinski definition) is 2. The van der Waals surface area contributed by atoms with E-state index in [1.54, 1.807) is 4.90 Å². The van der Waals surface area contributed by atoms with E-state index in [0.717, 1.165) is 33.4 Å². The number of benzene rings is 2. The third kappa shape index (κ3) is 1.95. The molecule has 1 spiro atoms. The number of nitrogens with one attached hydrogen (secondary N) is 3. The van der Waals surface area contributed by atoms with E-state index in [1.807, 2.05) is 49.4 Å². The summed E-state index contributed by atoms with van der Waals surface area (Å²) in [6.45, 7) is 2.86. The van der Waals surface area contributed by atoms with E-state index in [0.29, 0.717) is 19.5 Å². The number of hydrogen-bond donors (Lipinski definition) is 3. The Morgan fingerprint density at radius 3 is 2.81 bits per heavy atom. The summed E-state index contributed by atoms with van der Waals surface area (Å²) in [6, 6.07) is 15.4. The monoisotopic (exact) mass is 360 g/mol. The molecule has 3 heterocycles. The summed E-state index contributed by atoms with van der Waals surface area (Å²) in [6.07, 6.45) is 0.702. The van der Waals surface area contributed by atoms with Crippen molar-refractivity contribution in [3.63, 3.8) is 0 Å². The average Bonchev–Trinajstić information content (AvgIpc) is 3.19.